The molecular formula is C26H34Br2N2O2. The van der Waals surface area contributed by atoms with Crippen molar-refractivity contribution in [3.8, 4) is 5.75 Å². The van der Waals surface area contributed by atoms with Gasteiger partial charge in [-0.3, -0.25) is 4.79 Å². The van der Waals surface area contributed by atoms with E-state index in [1.54, 1.807) is 0 Å². The van der Waals surface area contributed by atoms with Crippen LogP contribution >= 0.6 is 31.9 Å². The number of hydrazone groups is 1. The molecule has 0 atom stereocenters. The summed E-state index contributed by atoms with van der Waals surface area (Å²) in [6, 6.07) is 12.3. The molecule has 32 heavy (non-hydrogen) atoms. The van der Waals surface area contributed by atoms with E-state index in [1.165, 1.54) is 11.1 Å². The Labute approximate surface area is 209 Å². The Kier molecular flexibility index (Phi) is 9.12. The van der Waals surface area contributed by atoms with Crippen molar-refractivity contribution in [1.29, 1.82) is 0 Å². The largest absolute Gasteiger partial charge is 0.481 e. The summed E-state index contributed by atoms with van der Waals surface area (Å²) >= 11 is 7.22. The van der Waals surface area contributed by atoms with Crippen molar-refractivity contribution in [1.82, 2.24) is 5.43 Å². The van der Waals surface area contributed by atoms with E-state index in [4.69, 9.17) is 4.74 Å². The summed E-state index contributed by atoms with van der Waals surface area (Å²) in [6.07, 6.45) is 2.03. The zero-order valence-electron chi connectivity index (χ0n) is 20.1. The Morgan fingerprint density at radius 2 is 1.59 bits per heavy atom. The van der Waals surface area contributed by atoms with Crippen molar-refractivity contribution >= 4 is 43.5 Å². The molecule has 0 aliphatic rings. The molecule has 1 N–H and O–H groups in total. The number of carbonyl (C=O) groups is 1. The van der Waals surface area contributed by atoms with Gasteiger partial charge in [-0.05, 0) is 91.3 Å². The predicted molar refractivity (Wildman–Crippen MR) is 141 cm³/mol. The van der Waals surface area contributed by atoms with Gasteiger partial charge in [0.1, 0.15) is 5.75 Å². The van der Waals surface area contributed by atoms with E-state index in [0.29, 0.717) is 5.75 Å². The van der Waals surface area contributed by atoms with Crippen LogP contribution in [0.15, 0.2) is 50.4 Å². The molecule has 174 valence electrons. The number of ether oxygens (including phenoxy) is 1. The van der Waals surface area contributed by atoms with E-state index in [2.05, 4.69) is 108 Å². The van der Waals surface area contributed by atoms with Crippen molar-refractivity contribution in [2.24, 2.45) is 10.5 Å². The predicted octanol–water partition coefficient (Wildman–Crippen LogP) is 7.41. The number of nitrogens with zero attached hydrogens (tertiary/aromatic N) is 1. The van der Waals surface area contributed by atoms with Gasteiger partial charge in [0, 0.05) is 0 Å². The molecular weight excluding hydrogens is 532 g/mol. The molecule has 0 aliphatic heterocycles. The van der Waals surface area contributed by atoms with Crippen LogP contribution < -0.4 is 10.2 Å². The smallest absolute Gasteiger partial charge is 0.277 e. The first-order chi connectivity index (χ1) is 14.8. The van der Waals surface area contributed by atoms with Crippen LogP contribution in [0.25, 0.3) is 0 Å². The topological polar surface area (TPSA) is 50.7 Å². The molecule has 0 bridgehead atoms. The SMILES string of the molecule is CCc1ccc(/C(C)=N/NC(=O)COc2c(Br)cc(C(C)(C)CC(C)(C)C)cc2Br)cc1. The summed E-state index contributed by atoms with van der Waals surface area (Å²) in [4.78, 5) is 12.3. The third kappa shape index (κ3) is 7.73. The van der Waals surface area contributed by atoms with E-state index in [1.807, 2.05) is 19.1 Å². The third-order valence-electron chi connectivity index (χ3n) is 5.23. The first-order valence-electron chi connectivity index (χ1n) is 10.9. The average molecular weight is 566 g/mol. The van der Waals surface area contributed by atoms with Gasteiger partial charge in [0.25, 0.3) is 5.91 Å². The quantitative estimate of drug-likeness (QED) is 0.267. The molecule has 0 radical (unpaired) electrons. The fourth-order valence-corrected chi connectivity index (χ4v) is 5.29. The maximum Gasteiger partial charge on any atom is 0.277 e. The molecule has 6 heteroatoms. The molecule has 0 unspecified atom stereocenters. The van der Waals surface area contributed by atoms with Crippen LogP contribution in [0.4, 0.5) is 0 Å². The van der Waals surface area contributed by atoms with Gasteiger partial charge in [-0.25, -0.2) is 5.43 Å². The van der Waals surface area contributed by atoms with E-state index < -0.39 is 0 Å². The highest BCUT2D eigenvalue weighted by Crippen LogP contribution is 2.42. The van der Waals surface area contributed by atoms with Crippen LogP contribution in [0.5, 0.6) is 5.75 Å². The molecule has 1 amide bonds. The van der Waals surface area contributed by atoms with Gasteiger partial charge < -0.3 is 4.74 Å². The van der Waals surface area contributed by atoms with Crippen molar-refractivity contribution in [3.63, 3.8) is 0 Å². The van der Waals surface area contributed by atoms with Gasteiger partial charge in [-0.1, -0.05) is 65.8 Å². The van der Waals surface area contributed by atoms with Crippen LogP contribution in [0, 0.1) is 5.41 Å². The van der Waals surface area contributed by atoms with E-state index in [9.17, 15) is 4.79 Å². The minimum absolute atomic E-state index is 0.000762. The summed E-state index contributed by atoms with van der Waals surface area (Å²) in [5.41, 5.74) is 6.98. The number of amides is 1. The van der Waals surface area contributed by atoms with E-state index >= 15 is 0 Å². The lowest BCUT2D eigenvalue weighted by molar-refractivity contribution is -0.123. The molecule has 2 aromatic carbocycles. The lowest BCUT2D eigenvalue weighted by Crippen LogP contribution is -2.26. The van der Waals surface area contributed by atoms with Gasteiger partial charge >= 0.3 is 0 Å². The number of hydrogen-bond acceptors (Lipinski definition) is 3. The second-order valence-electron chi connectivity index (χ2n) is 9.96. The minimum atomic E-state index is -0.314. The Morgan fingerprint density at radius 3 is 2.09 bits per heavy atom. The van der Waals surface area contributed by atoms with Gasteiger partial charge in [0.05, 0.1) is 14.7 Å². The summed E-state index contributed by atoms with van der Waals surface area (Å²) < 4.78 is 7.42. The molecule has 0 saturated heterocycles. The van der Waals surface area contributed by atoms with Crippen molar-refractivity contribution in [3.05, 3.63) is 62.0 Å². The molecule has 0 heterocycles. The molecule has 0 aromatic heterocycles. The van der Waals surface area contributed by atoms with Crippen molar-refractivity contribution in [2.45, 2.75) is 66.7 Å². The molecule has 0 saturated carbocycles. The number of benzene rings is 2. The Hall–Kier alpha value is -1.66. The summed E-state index contributed by atoms with van der Waals surface area (Å²) in [7, 11) is 0. The monoisotopic (exact) mass is 564 g/mol. The third-order valence-corrected chi connectivity index (χ3v) is 6.41. The van der Waals surface area contributed by atoms with E-state index in [-0.39, 0.29) is 23.3 Å². The zero-order valence-corrected chi connectivity index (χ0v) is 23.3. The Balaban J connectivity index is 2.03. The van der Waals surface area contributed by atoms with Crippen molar-refractivity contribution in [2.75, 3.05) is 6.61 Å². The fourth-order valence-electron chi connectivity index (χ4n) is 3.88. The molecule has 4 nitrogen and oxygen atoms in total. The standard InChI is InChI=1S/C26H34Br2N2O2/c1-8-18-9-11-19(12-10-18)17(2)29-30-23(31)15-32-24-21(27)13-20(14-22(24)28)26(6,7)16-25(3,4)5/h9-14H,8,15-16H2,1-7H3,(H,30,31)/b29-17+. The van der Waals surface area contributed by atoms with Gasteiger partial charge in [0.15, 0.2) is 6.61 Å². The first-order valence-corrected chi connectivity index (χ1v) is 12.5. The summed E-state index contributed by atoms with van der Waals surface area (Å²) in [5.74, 6) is 0.289. The molecule has 0 fully saturated rings. The minimum Gasteiger partial charge on any atom is -0.481 e. The normalized spacial score (nSPS) is 12.6. The van der Waals surface area contributed by atoms with Crippen LogP contribution in [0.3, 0.4) is 0 Å². The van der Waals surface area contributed by atoms with Crippen LogP contribution in [0.2, 0.25) is 0 Å². The number of carbonyl (C=O) groups excluding carboxylic acids is 1. The maximum absolute atomic E-state index is 12.3. The second kappa shape index (κ2) is 11.0. The molecule has 0 aliphatic carbocycles. The number of aryl methyl sites for hydroxylation is 1. The summed E-state index contributed by atoms with van der Waals surface area (Å²) in [5, 5.41) is 4.20. The van der Waals surface area contributed by atoms with Gasteiger partial charge in [-0.15, -0.1) is 0 Å². The van der Waals surface area contributed by atoms with Crippen LogP contribution in [-0.2, 0) is 16.6 Å². The zero-order chi connectivity index (χ0) is 24.1. The fraction of sp³-hybridized carbons (Fsp3) is 0.462. The number of nitrogens with one attached hydrogen (secondary N) is 1. The van der Waals surface area contributed by atoms with Crippen LogP contribution in [0.1, 0.15) is 71.6 Å². The number of hydrogen-bond donors (Lipinski definition) is 1. The first kappa shape index (κ1) is 26.6. The number of halogens is 2. The average Bonchev–Trinajstić information content (AvgIpc) is 2.69. The molecule has 2 aromatic rings. The van der Waals surface area contributed by atoms with E-state index in [0.717, 1.165) is 33.1 Å². The van der Waals surface area contributed by atoms with Gasteiger partial charge in [-0.2, -0.15) is 5.10 Å². The van der Waals surface area contributed by atoms with Gasteiger partial charge in [0.2, 0.25) is 0 Å². The highest BCUT2D eigenvalue weighted by molar-refractivity contribution is 9.11. The van der Waals surface area contributed by atoms with Crippen LogP contribution in [-0.4, -0.2) is 18.2 Å². The second-order valence-corrected chi connectivity index (χ2v) is 11.7. The maximum atomic E-state index is 12.3. The van der Waals surface area contributed by atoms with Crippen molar-refractivity contribution < 1.29 is 9.53 Å². The number of rotatable bonds is 8. The molecule has 2 rings (SSSR count). The highest BCUT2D eigenvalue weighted by Gasteiger charge is 2.28. The lowest BCUT2D eigenvalue weighted by Gasteiger charge is -2.33. The Morgan fingerprint density at radius 1 is 1.03 bits per heavy atom. The highest BCUT2D eigenvalue weighted by atomic mass is 79.9. The molecule has 0 spiro atoms. The summed E-state index contributed by atoms with van der Waals surface area (Å²) in [6.45, 7) is 15.1. The lowest BCUT2D eigenvalue weighted by atomic mass is 9.72. The Bertz CT molecular complexity index is 951.